The minimum absolute atomic E-state index is 0.0747. The zero-order chi connectivity index (χ0) is 23.0. The summed E-state index contributed by atoms with van der Waals surface area (Å²) < 4.78 is 6.33. The number of pyridine rings is 1. The maximum atomic E-state index is 13.2. The van der Waals surface area contributed by atoms with Crippen molar-refractivity contribution in [2.45, 2.75) is 25.8 Å². The summed E-state index contributed by atoms with van der Waals surface area (Å²) in [6.07, 6.45) is 3.50. The van der Waals surface area contributed by atoms with E-state index in [4.69, 9.17) is 4.74 Å². The van der Waals surface area contributed by atoms with Gasteiger partial charge in [-0.3, -0.25) is 14.7 Å². The Bertz CT molecular complexity index is 1010. The molecule has 1 atom stereocenters. The third kappa shape index (κ3) is 6.63. The molecule has 6 heteroatoms. The van der Waals surface area contributed by atoms with Gasteiger partial charge in [0.2, 0.25) is 5.91 Å². The van der Waals surface area contributed by atoms with Gasteiger partial charge in [0, 0.05) is 58.4 Å². The van der Waals surface area contributed by atoms with E-state index in [0.717, 1.165) is 16.8 Å². The fourth-order valence-corrected chi connectivity index (χ4v) is 4.09. The number of rotatable bonds is 8. The van der Waals surface area contributed by atoms with Crippen LogP contribution in [0.4, 0.5) is 5.69 Å². The normalized spacial score (nSPS) is 17.1. The molecule has 0 saturated carbocycles. The quantitative estimate of drug-likeness (QED) is 0.532. The molecule has 33 heavy (non-hydrogen) atoms. The monoisotopic (exact) mass is 444 g/mol. The summed E-state index contributed by atoms with van der Waals surface area (Å²) in [7, 11) is 4.07. The molecule has 1 saturated heterocycles. The number of ether oxygens (including phenoxy) is 1. The third-order valence-corrected chi connectivity index (χ3v) is 5.88. The van der Waals surface area contributed by atoms with E-state index in [1.165, 1.54) is 5.56 Å². The van der Waals surface area contributed by atoms with Crippen molar-refractivity contribution in [3.8, 4) is 0 Å². The van der Waals surface area contributed by atoms with Crippen LogP contribution >= 0.6 is 0 Å². The lowest BCUT2D eigenvalue weighted by Gasteiger charge is -2.25. The van der Waals surface area contributed by atoms with Crippen LogP contribution in [0.15, 0.2) is 79.1 Å². The summed E-state index contributed by atoms with van der Waals surface area (Å²) in [5.74, 6) is 0.120. The second kappa shape index (κ2) is 11.1. The van der Waals surface area contributed by atoms with E-state index in [1.807, 2.05) is 55.5 Å². The summed E-state index contributed by atoms with van der Waals surface area (Å²) >= 11 is 0. The Balaban J connectivity index is 1.48. The van der Waals surface area contributed by atoms with Gasteiger partial charge in [0.05, 0.1) is 19.3 Å². The molecular weight excluding hydrogens is 412 g/mol. The molecule has 1 fully saturated rings. The highest BCUT2D eigenvalue weighted by atomic mass is 16.5. The van der Waals surface area contributed by atoms with Crippen molar-refractivity contribution in [3.05, 3.63) is 95.8 Å². The molecule has 1 aliphatic rings. The van der Waals surface area contributed by atoms with Gasteiger partial charge in [0.25, 0.3) is 0 Å². The largest absolute Gasteiger partial charge is 0.378 e. The standard InChI is InChI=1S/C27H32N4O2/c1-29(2)25-12-10-22(11-13-25)16-30-18-26(33-21-23-7-4-3-5-8-23)19-31(27(32)20-30)17-24-9-6-14-28-15-24/h3-15,26H,16-21H2,1-2H3. The Morgan fingerprint density at radius 1 is 0.909 bits per heavy atom. The minimum atomic E-state index is -0.0747. The third-order valence-electron chi connectivity index (χ3n) is 5.88. The average Bonchev–Trinajstić information content (AvgIpc) is 2.97. The van der Waals surface area contributed by atoms with E-state index < -0.39 is 0 Å². The predicted octanol–water partition coefficient (Wildman–Crippen LogP) is 3.58. The number of aromatic nitrogens is 1. The molecule has 0 radical (unpaired) electrons. The Hall–Kier alpha value is -3.22. The first-order valence-electron chi connectivity index (χ1n) is 11.4. The van der Waals surface area contributed by atoms with Crippen molar-refractivity contribution in [3.63, 3.8) is 0 Å². The smallest absolute Gasteiger partial charge is 0.237 e. The van der Waals surface area contributed by atoms with E-state index in [9.17, 15) is 4.79 Å². The Kier molecular flexibility index (Phi) is 7.70. The van der Waals surface area contributed by atoms with Crippen molar-refractivity contribution in [1.29, 1.82) is 0 Å². The lowest BCUT2D eigenvalue weighted by Crippen LogP contribution is -2.37. The number of anilines is 1. The predicted molar refractivity (Wildman–Crippen MR) is 131 cm³/mol. The maximum Gasteiger partial charge on any atom is 0.237 e. The Morgan fingerprint density at radius 2 is 1.67 bits per heavy atom. The van der Waals surface area contributed by atoms with Gasteiger partial charge in [0.15, 0.2) is 0 Å². The zero-order valence-corrected chi connectivity index (χ0v) is 19.4. The number of hydrogen-bond donors (Lipinski definition) is 0. The van der Waals surface area contributed by atoms with Gasteiger partial charge >= 0.3 is 0 Å². The molecule has 3 aromatic rings. The molecule has 2 heterocycles. The fraction of sp³-hybridized carbons (Fsp3) is 0.333. The number of carbonyl (C=O) groups is 1. The Morgan fingerprint density at radius 3 is 2.36 bits per heavy atom. The van der Waals surface area contributed by atoms with Crippen molar-refractivity contribution >= 4 is 11.6 Å². The van der Waals surface area contributed by atoms with Crippen molar-refractivity contribution < 1.29 is 9.53 Å². The van der Waals surface area contributed by atoms with Crippen LogP contribution in [0.2, 0.25) is 0 Å². The van der Waals surface area contributed by atoms with Crippen molar-refractivity contribution in [2.75, 3.05) is 38.6 Å². The van der Waals surface area contributed by atoms with Crippen molar-refractivity contribution in [1.82, 2.24) is 14.8 Å². The molecule has 2 aromatic carbocycles. The second-order valence-corrected chi connectivity index (χ2v) is 8.78. The molecule has 6 nitrogen and oxygen atoms in total. The number of amides is 1. The summed E-state index contributed by atoms with van der Waals surface area (Å²) in [4.78, 5) is 23.6. The molecule has 1 unspecified atom stereocenters. The van der Waals surface area contributed by atoms with Crippen molar-refractivity contribution in [2.24, 2.45) is 0 Å². The van der Waals surface area contributed by atoms with Gasteiger partial charge < -0.3 is 14.5 Å². The highest BCUT2D eigenvalue weighted by Crippen LogP contribution is 2.18. The van der Waals surface area contributed by atoms with Gasteiger partial charge in [-0.05, 0) is 34.9 Å². The summed E-state index contributed by atoms with van der Waals surface area (Å²) in [5, 5.41) is 0. The number of nitrogens with zero attached hydrogens (tertiary/aromatic N) is 4. The molecule has 172 valence electrons. The first-order chi connectivity index (χ1) is 16.1. The van der Waals surface area contributed by atoms with Crippen LogP contribution in [0.25, 0.3) is 0 Å². The zero-order valence-electron chi connectivity index (χ0n) is 19.4. The highest BCUT2D eigenvalue weighted by molar-refractivity contribution is 5.78. The van der Waals surface area contributed by atoms with Gasteiger partial charge in [-0.2, -0.15) is 0 Å². The van der Waals surface area contributed by atoms with Gasteiger partial charge in [0.1, 0.15) is 0 Å². The number of benzene rings is 2. The van der Waals surface area contributed by atoms with E-state index in [2.05, 4.69) is 51.2 Å². The summed E-state index contributed by atoms with van der Waals surface area (Å²) in [6.45, 7) is 3.44. The molecule has 0 bridgehead atoms. The van der Waals surface area contributed by atoms with E-state index in [1.54, 1.807) is 6.20 Å². The Labute approximate surface area is 196 Å². The van der Waals surface area contributed by atoms with Gasteiger partial charge in [-0.1, -0.05) is 48.5 Å². The second-order valence-electron chi connectivity index (χ2n) is 8.78. The van der Waals surface area contributed by atoms with Crippen LogP contribution in [-0.4, -0.2) is 60.5 Å². The number of carbonyl (C=O) groups excluding carboxylic acids is 1. The molecule has 0 spiro atoms. The lowest BCUT2D eigenvalue weighted by atomic mass is 10.2. The minimum Gasteiger partial charge on any atom is -0.378 e. The summed E-state index contributed by atoms with van der Waals surface area (Å²) in [6, 6.07) is 22.6. The highest BCUT2D eigenvalue weighted by Gasteiger charge is 2.28. The van der Waals surface area contributed by atoms with E-state index >= 15 is 0 Å². The van der Waals surface area contributed by atoms with Crippen LogP contribution in [0.3, 0.4) is 0 Å². The first kappa shape index (κ1) is 23.0. The molecule has 1 aromatic heterocycles. The lowest BCUT2D eigenvalue weighted by molar-refractivity contribution is -0.132. The van der Waals surface area contributed by atoms with Crippen LogP contribution in [0.1, 0.15) is 16.7 Å². The molecular formula is C27H32N4O2. The topological polar surface area (TPSA) is 48.9 Å². The SMILES string of the molecule is CN(C)c1ccc(CN2CC(=O)N(Cc3cccnc3)CC(OCc3ccccc3)C2)cc1. The van der Waals surface area contributed by atoms with Crippen LogP contribution in [0, 0.1) is 0 Å². The van der Waals surface area contributed by atoms with Gasteiger partial charge in [-0.15, -0.1) is 0 Å². The molecule has 4 rings (SSSR count). The summed E-state index contributed by atoms with van der Waals surface area (Å²) in [5.41, 5.74) is 4.52. The van der Waals surface area contributed by atoms with Crippen LogP contribution in [0.5, 0.6) is 0 Å². The average molecular weight is 445 g/mol. The molecule has 0 N–H and O–H groups in total. The van der Waals surface area contributed by atoms with E-state index in [-0.39, 0.29) is 12.0 Å². The fourth-order valence-electron chi connectivity index (χ4n) is 4.09. The molecule has 0 aliphatic carbocycles. The maximum absolute atomic E-state index is 13.2. The first-order valence-corrected chi connectivity index (χ1v) is 11.4. The van der Waals surface area contributed by atoms with Gasteiger partial charge in [-0.25, -0.2) is 0 Å². The molecule has 1 aliphatic heterocycles. The van der Waals surface area contributed by atoms with E-state index in [0.29, 0.717) is 39.3 Å². The van der Waals surface area contributed by atoms with Crippen LogP contribution < -0.4 is 4.90 Å². The molecule has 1 amide bonds. The van der Waals surface area contributed by atoms with Crippen LogP contribution in [-0.2, 0) is 29.2 Å². The number of hydrogen-bond acceptors (Lipinski definition) is 5.